The fourth-order valence-corrected chi connectivity index (χ4v) is 2.52. The van der Waals surface area contributed by atoms with Crippen LogP contribution in [0.4, 0.5) is 0 Å². The van der Waals surface area contributed by atoms with Crippen molar-refractivity contribution in [1.82, 2.24) is 10.3 Å². The Bertz CT molecular complexity index is 967. The highest BCUT2D eigenvalue weighted by Crippen LogP contribution is 2.22. The van der Waals surface area contributed by atoms with Crippen LogP contribution in [0.5, 0.6) is 11.5 Å². The Morgan fingerprint density at radius 3 is 2.67 bits per heavy atom. The molecule has 1 heterocycles. The van der Waals surface area contributed by atoms with Gasteiger partial charge in [0.1, 0.15) is 23.6 Å². The van der Waals surface area contributed by atoms with E-state index in [0.717, 1.165) is 16.7 Å². The summed E-state index contributed by atoms with van der Waals surface area (Å²) in [4.78, 5) is 16.4. The number of pyridine rings is 1. The number of carbonyl (C=O) groups excluding carboxylic acids is 1. The smallest absolute Gasteiger partial charge is 0.252 e. The number of ether oxygens (including phenoxy) is 2. The van der Waals surface area contributed by atoms with E-state index in [4.69, 9.17) is 9.47 Å². The van der Waals surface area contributed by atoms with Crippen molar-refractivity contribution < 1.29 is 14.3 Å². The molecule has 27 heavy (non-hydrogen) atoms. The molecule has 0 aliphatic rings. The van der Waals surface area contributed by atoms with E-state index < -0.39 is 0 Å². The zero-order valence-electron chi connectivity index (χ0n) is 15.1. The molecule has 0 saturated carbocycles. The third kappa shape index (κ3) is 4.99. The van der Waals surface area contributed by atoms with Gasteiger partial charge in [0.05, 0.1) is 13.2 Å². The summed E-state index contributed by atoms with van der Waals surface area (Å²) in [5.41, 5.74) is 1.38. The van der Waals surface area contributed by atoms with Gasteiger partial charge < -0.3 is 14.8 Å². The lowest BCUT2D eigenvalue weighted by Crippen LogP contribution is -2.23. The number of nitrogens with one attached hydrogen (secondary N) is 1. The summed E-state index contributed by atoms with van der Waals surface area (Å²) in [6.07, 6.45) is 1.73. The van der Waals surface area contributed by atoms with Crippen molar-refractivity contribution in [1.29, 1.82) is 0 Å². The highest BCUT2D eigenvalue weighted by molar-refractivity contribution is 5.94. The lowest BCUT2D eigenvalue weighted by Gasteiger charge is -2.05. The molecule has 0 bridgehead atoms. The minimum Gasteiger partial charge on any atom is -0.494 e. The summed E-state index contributed by atoms with van der Waals surface area (Å²) < 4.78 is 11.0. The first-order valence-electron chi connectivity index (χ1n) is 8.71. The SMILES string of the molecule is CCOc1ccc(C(=O)NCC#CCOc2cccc3cccnc23)cc1. The molecular weight excluding hydrogens is 340 g/mol. The second-order valence-electron chi connectivity index (χ2n) is 5.61. The van der Waals surface area contributed by atoms with Crippen molar-refractivity contribution in [3.8, 4) is 23.3 Å². The molecular formula is C22H20N2O3. The Kier molecular flexibility index (Phi) is 6.26. The molecule has 0 aliphatic heterocycles. The average Bonchev–Trinajstić information content (AvgIpc) is 2.71. The number of aromatic nitrogens is 1. The Morgan fingerprint density at radius 2 is 1.85 bits per heavy atom. The van der Waals surface area contributed by atoms with Crippen LogP contribution in [0.1, 0.15) is 17.3 Å². The molecule has 1 amide bonds. The predicted octanol–water partition coefficient (Wildman–Crippen LogP) is 3.45. The second kappa shape index (κ2) is 9.25. The van der Waals surface area contributed by atoms with Crippen LogP contribution >= 0.6 is 0 Å². The third-order valence-electron chi connectivity index (χ3n) is 3.79. The first-order chi connectivity index (χ1) is 13.3. The molecule has 0 aliphatic carbocycles. The van der Waals surface area contributed by atoms with Gasteiger partial charge in [-0.05, 0) is 43.3 Å². The first-order valence-corrected chi connectivity index (χ1v) is 8.71. The van der Waals surface area contributed by atoms with Gasteiger partial charge in [-0.15, -0.1) is 0 Å². The fraction of sp³-hybridized carbons (Fsp3) is 0.182. The van der Waals surface area contributed by atoms with Crippen LogP contribution in [0.25, 0.3) is 10.9 Å². The summed E-state index contributed by atoms with van der Waals surface area (Å²) in [7, 11) is 0. The third-order valence-corrected chi connectivity index (χ3v) is 3.79. The van der Waals surface area contributed by atoms with Gasteiger partial charge in [-0.3, -0.25) is 9.78 Å². The molecule has 0 spiro atoms. The molecule has 3 aromatic rings. The van der Waals surface area contributed by atoms with Gasteiger partial charge in [-0.25, -0.2) is 0 Å². The number of para-hydroxylation sites is 1. The molecule has 1 N–H and O–H groups in total. The van der Waals surface area contributed by atoms with Crippen molar-refractivity contribution in [2.75, 3.05) is 19.8 Å². The topological polar surface area (TPSA) is 60.5 Å². The van der Waals surface area contributed by atoms with Crippen LogP contribution in [-0.2, 0) is 0 Å². The van der Waals surface area contributed by atoms with Crippen LogP contribution in [0.3, 0.4) is 0 Å². The molecule has 3 rings (SSSR count). The molecule has 136 valence electrons. The molecule has 5 nitrogen and oxygen atoms in total. The summed E-state index contributed by atoms with van der Waals surface area (Å²) >= 11 is 0. The van der Waals surface area contributed by atoms with Gasteiger partial charge in [0.2, 0.25) is 0 Å². The minimum absolute atomic E-state index is 0.175. The van der Waals surface area contributed by atoms with Crippen molar-refractivity contribution in [2.45, 2.75) is 6.92 Å². The Morgan fingerprint density at radius 1 is 1.04 bits per heavy atom. The van der Waals surface area contributed by atoms with Crippen molar-refractivity contribution in [3.63, 3.8) is 0 Å². The maximum absolute atomic E-state index is 12.1. The van der Waals surface area contributed by atoms with Crippen LogP contribution in [0.15, 0.2) is 60.8 Å². The molecule has 2 aromatic carbocycles. The van der Waals surface area contributed by atoms with Crippen LogP contribution in [0.2, 0.25) is 0 Å². The number of rotatable bonds is 6. The van der Waals surface area contributed by atoms with E-state index in [1.165, 1.54) is 0 Å². The van der Waals surface area contributed by atoms with E-state index in [1.807, 2.05) is 37.3 Å². The Hall–Kier alpha value is -3.52. The van der Waals surface area contributed by atoms with Gasteiger partial charge in [0.15, 0.2) is 0 Å². The largest absolute Gasteiger partial charge is 0.494 e. The lowest BCUT2D eigenvalue weighted by atomic mass is 10.2. The number of benzene rings is 2. The first kappa shape index (κ1) is 18.3. The molecule has 0 saturated heterocycles. The number of nitrogens with zero attached hydrogens (tertiary/aromatic N) is 1. The monoisotopic (exact) mass is 360 g/mol. The van der Waals surface area contributed by atoms with Crippen molar-refractivity contribution in [2.24, 2.45) is 0 Å². The number of hydrogen-bond acceptors (Lipinski definition) is 4. The van der Waals surface area contributed by atoms with Crippen LogP contribution < -0.4 is 14.8 Å². The zero-order chi connectivity index (χ0) is 18.9. The van der Waals surface area contributed by atoms with Crippen LogP contribution in [0, 0.1) is 11.8 Å². The number of amides is 1. The van der Waals surface area contributed by atoms with Crippen molar-refractivity contribution >= 4 is 16.8 Å². The van der Waals surface area contributed by atoms with E-state index in [-0.39, 0.29) is 19.1 Å². The van der Waals surface area contributed by atoms with Gasteiger partial charge >= 0.3 is 0 Å². The van der Waals surface area contributed by atoms with E-state index in [9.17, 15) is 4.79 Å². The summed E-state index contributed by atoms with van der Waals surface area (Å²) in [5.74, 6) is 7.05. The summed E-state index contributed by atoms with van der Waals surface area (Å²) in [6, 6.07) is 16.6. The zero-order valence-corrected chi connectivity index (χ0v) is 15.1. The Labute approximate surface area is 158 Å². The molecule has 5 heteroatoms. The number of carbonyl (C=O) groups is 1. The minimum atomic E-state index is -0.175. The number of hydrogen-bond donors (Lipinski definition) is 1. The van der Waals surface area contributed by atoms with Crippen molar-refractivity contribution in [3.05, 3.63) is 66.4 Å². The van der Waals surface area contributed by atoms with E-state index >= 15 is 0 Å². The van der Waals surface area contributed by atoms with E-state index in [0.29, 0.717) is 17.9 Å². The van der Waals surface area contributed by atoms with Gasteiger partial charge in [0.25, 0.3) is 5.91 Å². The maximum Gasteiger partial charge on any atom is 0.252 e. The van der Waals surface area contributed by atoms with Gasteiger partial charge in [-0.1, -0.05) is 30.0 Å². The van der Waals surface area contributed by atoms with Crippen LogP contribution in [-0.4, -0.2) is 30.6 Å². The van der Waals surface area contributed by atoms with Gasteiger partial charge in [-0.2, -0.15) is 0 Å². The fourth-order valence-electron chi connectivity index (χ4n) is 2.52. The summed E-state index contributed by atoms with van der Waals surface area (Å²) in [5, 5.41) is 3.78. The molecule has 0 atom stereocenters. The normalized spacial score (nSPS) is 9.96. The highest BCUT2D eigenvalue weighted by Gasteiger charge is 2.04. The molecule has 0 unspecified atom stereocenters. The van der Waals surface area contributed by atoms with Gasteiger partial charge in [0, 0.05) is 17.1 Å². The molecule has 0 fully saturated rings. The Balaban J connectivity index is 1.47. The van der Waals surface area contributed by atoms with E-state index in [1.54, 1.807) is 30.5 Å². The highest BCUT2D eigenvalue weighted by atomic mass is 16.5. The average molecular weight is 360 g/mol. The molecule has 1 aromatic heterocycles. The standard InChI is InChI=1S/C22H20N2O3/c1-2-26-19-12-10-18(11-13-19)22(25)24-14-3-4-16-27-20-9-5-7-17-8-6-15-23-21(17)20/h5-13,15H,2,14,16H2,1H3,(H,24,25). The number of fused-ring (bicyclic) bond motifs is 1. The predicted molar refractivity (Wildman–Crippen MR) is 105 cm³/mol. The van der Waals surface area contributed by atoms with E-state index in [2.05, 4.69) is 22.1 Å². The molecule has 0 radical (unpaired) electrons. The quantitative estimate of drug-likeness (QED) is 0.684. The maximum atomic E-state index is 12.1. The second-order valence-corrected chi connectivity index (χ2v) is 5.61. The lowest BCUT2D eigenvalue weighted by molar-refractivity contribution is 0.0958. The summed E-state index contributed by atoms with van der Waals surface area (Å²) in [6.45, 7) is 3.00.